The number of carbonyl (C=O) groups is 2. The molecule has 35 heavy (non-hydrogen) atoms. The lowest BCUT2D eigenvalue weighted by Gasteiger charge is -2.10. The second-order valence-corrected chi connectivity index (χ2v) is 9.68. The van der Waals surface area contributed by atoms with E-state index in [2.05, 4.69) is 34.7 Å². The monoisotopic (exact) mass is 535 g/mol. The Morgan fingerprint density at radius 1 is 1.09 bits per heavy atom. The molecule has 11 heteroatoms. The second-order valence-electron chi connectivity index (χ2n) is 7.89. The molecule has 0 atom stereocenters. The first kappa shape index (κ1) is 26.8. The molecule has 3 rings (SSSR count). The van der Waals surface area contributed by atoms with Gasteiger partial charge >= 0.3 is 0 Å². The molecule has 2 amide bonds. The molecule has 0 fully saturated rings. The normalized spacial score (nSPS) is 10.9. The lowest BCUT2D eigenvalue weighted by molar-refractivity contribution is -0.123. The third-order valence-electron chi connectivity index (χ3n) is 5.01. The molecule has 1 heterocycles. The Labute approximate surface area is 218 Å². The molecule has 0 radical (unpaired) electrons. The molecule has 0 bridgehead atoms. The average molecular weight is 536 g/mol. The van der Waals surface area contributed by atoms with Gasteiger partial charge in [-0.15, -0.1) is 10.2 Å². The van der Waals surface area contributed by atoms with Crippen LogP contribution >= 0.6 is 35.0 Å². The molecular formula is C24H27Cl2N5O3S. The van der Waals surface area contributed by atoms with Crippen LogP contribution in [-0.2, 0) is 22.7 Å². The summed E-state index contributed by atoms with van der Waals surface area (Å²) in [5.41, 5.74) is 1.70. The number of anilines is 1. The molecule has 3 aromatic rings. The van der Waals surface area contributed by atoms with E-state index in [4.69, 9.17) is 27.9 Å². The first-order chi connectivity index (χ1) is 16.8. The van der Waals surface area contributed by atoms with Gasteiger partial charge in [0.2, 0.25) is 5.91 Å². The van der Waals surface area contributed by atoms with Gasteiger partial charge in [-0.25, -0.2) is 0 Å². The molecule has 0 unspecified atom stereocenters. The fraction of sp³-hybridized carbons (Fsp3) is 0.333. The maximum atomic E-state index is 12.3. The van der Waals surface area contributed by atoms with Gasteiger partial charge in [0.25, 0.3) is 5.91 Å². The van der Waals surface area contributed by atoms with Gasteiger partial charge in [0, 0.05) is 11.6 Å². The van der Waals surface area contributed by atoms with Gasteiger partial charge in [-0.1, -0.05) is 60.9 Å². The third-order valence-corrected chi connectivity index (χ3v) is 6.52. The number of ether oxygens (including phenoxy) is 1. The first-order valence-electron chi connectivity index (χ1n) is 11.1. The van der Waals surface area contributed by atoms with Gasteiger partial charge < -0.3 is 19.9 Å². The Bertz CT molecular complexity index is 1170. The molecule has 0 aliphatic rings. The molecule has 186 valence electrons. The highest BCUT2D eigenvalue weighted by Gasteiger charge is 2.15. The Balaban J connectivity index is 1.47. The SMILES string of the molecule is CCn1c(CNC(=O)COc2ccc(C(C)C)cc2)nnc1SCC(=O)Nc1ccc(Cl)cc1Cl. The minimum Gasteiger partial charge on any atom is -0.484 e. The van der Waals surface area contributed by atoms with Gasteiger partial charge in [0.15, 0.2) is 17.6 Å². The van der Waals surface area contributed by atoms with Crippen molar-refractivity contribution in [2.45, 2.75) is 44.9 Å². The van der Waals surface area contributed by atoms with Crippen LogP contribution in [-0.4, -0.2) is 38.9 Å². The van der Waals surface area contributed by atoms with Crippen LogP contribution in [0.1, 0.15) is 38.1 Å². The van der Waals surface area contributed by atoms with Crippen LogP contribution in [0.2, 0.25) is 10.0 Å². The van der Waals surface area contributed by atoms with E-state index in [1.165, 1.54) is 17.3 Å². The summed E-state index contributed by atoms with van der Waals surface area (Å²) in [4.78, 5) is 24.6. The highest BCUT2D eigenvalue weighted by molar-refractivity contribution is 7.99. The number of hydrogen-bond donors (Lipinski definition) is 2. The summed E-state index contributed by atoms with van der Waals surface area (Å²) in [6.45, 7) is 6.86. The summed E-state index contributed by atoms with van der Waals surface area (Å²) in [5, 5.41) is 15.3. The Morgan fingerprint density at radius 3 is 2.49 bits per heavy atom. The second kappa shape index (κ2) is 12.8. The number of carbonyl (C=O) groups excluding carboxylic acids is 2. The third kappa shape index (κ3) is 7.88. The average Bonchev–Trinajstić information content (AvgIpc) is 3.24. The van der Waals surface area contributed by atoms with Crippen molar-refractivity contribution >= 4 is 52.5 Å². The van der Waals surface area contributed by atoms with Crippen LogP contribution in [0.25, 0.3) is 0 Å². The molecule has 0 aliphatic heterocycles. The zero-order valence-corrected chi connectivity index (χ0v) is 22.0. The quantitative estimate of drug-likeness (QED) is 0.329. The van der Waals surface area contributed by atoms with Gasteiger partial charge in [-0.3, -0.25) is 9.59 Å². The van der Waals surface area contributed by atoms with Crippen molar-refractivity contribution in [2.24, 2.45) is 0 Å². The van der Waals surface area contributed by atoms with Crippen molar-refractivity contribution in [2.75, 3.05) is 17.7 Å². The Kier molecular flexibility index (Phi) is 9.83. The number of halogens is 2. The summed E-state index contributed by atoms with van der Waals surface area (Å²) < 4.78 is 7.41. The van der Waals surface area contributed by atoms with Crippen molar-refractivity contribution in [3.63, 3.8) is 0 Å². The zero-order valence-electron chi connectivity index (χ0n) is 19.7. The fourth-order valence-corrected chi connectivity index (χ4v) is 4.38. The maximum Gasteiger partial charge on any atom is 0.258 e. The van der Waals surface area contributed by atoms with E-state index >= 15 is 0 Å². The predicted molar refractivity (Wildman–Crippen MR) is 139 cm³/mol. The summed E-state index contributed by atoms with van der Waals surface area (Å²) >= 11 is 13.2. The van der Waals surface area contributed by atoms with Gasteiger partial charge in [0.05, 0.1) is 23.0 Å². The van der Waals surface area contributed by atoms with E-state index in [1.807, 2.05) is 35.8 Å². The highest BCUT2D eigenvalue weighted by Crippen LogP contribution is 2.26. The van der Waals surface area contributed by atoms with Crippen LogP contribution in [0, 0.1) is 0 Å². The Hall–Kier alpha value is -2.75. The summed E-state index contributed by atoms with van der Waals surface area (Å²) in [6, 6.07) is 12.6. The highest BCUT2D eigenvalue weighted by atomic mass is 35.5. The molecule has 2 aromatic carbocycles. The van der Waals surface area contributed by atoms with Gasteiger partial charge in [-0.2, -0.15) is 0 Å². The van der Waals surface area contributed by atoms with E-state index in [0.717, 1.165) is 0 Å². The molecule has 0 saturated heterocycles. The van der Waals surface area contributed by atoms with Crippen LogP contribution in [0.4, 0.5) is 5.69 Å². The number of amides is 2. The Morgan fingerprint density at radius 2 is 1.83 bits per heavy atom. The van der Waals surface area contributed by atoms with Gasteiger partial charge in [-0.05, 0) is 48.7 Å². The number of benzene rings is 2. The van der Waals surface area contributed by atoms with Crippen molar-refractivity contribution < 1.29 is 14.3 Å². The minimum absolute atomic E-state index is 0.101. The summed E-state index contributed by atoms with van der Waals surface area (Å²) in [5.74, 6) is 1.27. The summed E-state index contributed by atoms with van der Waals surface area (Å²) in [7, 11) is 0. The summed E-state index contributed by atoms with van der Waals surface area (Å²) in [6.07, 6.45) is 0. The van der Waals surface area contributed by atoms with Crippen LogP contribution < -0.4 is 15.4 Å². The number of nitrogens with one attached hydrogen (secondary N) is 2. The number of aromatic nitrogens is 3. The topological polar surface area (TPSA) is 98.1 Å². The standard InChI is InChI=1S/C24H27Cl2N5O3S/c1-4-31-21(12-27-22(32)13-34-18-8-5-16(6-9-18)15(2)3)29-30-24(31)35-14-23(33)28-20-10-7-17(25)11-19(20)26/h5-11,15H,4,12-14H2,1-3H3,(H,27,32)(H,28,33). The molecule has 0 spiro atoms. The predicted octanol–water partition coefficient (Wildman–Crippen LogP) is 5.15. The lowest BCUT2D eigenvalue weighted by atomic mass is 10.0. The number of hydrogen-bond acceptors (Lipinski definition) is 6. The van der Waals surface area contributed by atoms with Crippen molar-refractivity contribution in [1.29, 1.82) is 0 Å². The number of rotatable bonds is 11. The molecule has 0 saturated carbocycles. The fourth-order valence-electron chi connectivity index (χ4n) is 3.11. The maximum absolute atomic E-state index is 12.3. The molecular weight excluding hydrogens is 509 g/mol. The van der Waals surface area contributed by atoms with E-state index in [1.54, 1.807) is 18.2 Å². The minimum atomic E-state index is -0.267. The molecule has 8 nitrogen and oxygen atoms in total. The number of nitrogens with zero attached hydrogens (tertiary/aromatic N) is 3. The van der Waals surface area contributed by atoms with Crippen LogP contribution in [0.5, 0.6) is 5.75 Å². The van der Waals surface area contributed by atoms with E-state index < -0.39 is 0 Å². The van der Waals surface area contributed by atoms with Crippen molar-refractivity contribution in [3.8, 4) is 5.75 Å². The van der Waals surface area contributed by atoms with Crippen LogP contribution in [0.15, 0.2) is 47.6 Å². The van der Waals surface area contributed by atoms with E-state index in [9.17, 15) is 9.59 Å². The number of thioether (sulfide) groups is 1. The van der Waals surface area contributed by atoms with Crippen molar-refractivity contribution in [3.05, 3.63) is 63.9 Å². The van der Waals surface area contributed by atoms with Gasteiger partial charge in [0.1, 0.15) is 5.75 Å². The smallest absolute Gasteiger partial charge is 0.258 e. The largest absolute Gasteiger partial charge is 0.484 e. The molecule has 0 aliphatic carbocycles. The van der Waals surface area contributed by atoms with E-state index in [-0.39, 0.29) is 30.7 Å². The zero-order chi connectivity index (χ0) is 25.4. The molecule has 2 N–H and O–H groups in total. The lowest BCUT2D eigenvalue weighted by Crippen LogP contribution is -2.29. The van der Waals surface area contributed by atoms with Crippen molar-refractivity contribution in [1.82, 2.24) is 20.1 Å². The van der Waals surface area contributed by atoms with E-state index in [0.29, 0.717) is 44.9 Å². The molecule has 1 aromatic heterocycles. The van der Waals surface area contributed by atoms with Crippen LogP contribution in [0.3, 0.4) is 0 Å². The first-order valence-corrected chi connectivity index (χ1v) is 12.8.